The fourth-order valence-corrected chi connectivity index (χ4v) is 2.41. The Morgan fingerprint density at radius 2 is 1.90 bits per heavy atom. The minimum absolute atomic E-state index is 0. The minimum atomic E-state index is -4.38. The number of hydrogen-bond acceptors (Lipinski definition) is 4. The number of ether oxygens (including phenoxy) is 1. The van der Waals surface area contributed by atoms with Crippen LogP contribution in [0, 0.1) is 0 Å². The number of methoxy groups -OCH3 is 1. The first-order valence-electron chi connectivity index (χ1n) is 6.32. The predicted octanol–water partition coefficient (Wildman–Crippen LogP) is 2.33. The molecule has 0 aromatic heterocycles. The van der Waals surface area contributed by atoms with E-state index in [1.165, 1.54) is 30.2 Å². The number of phenolic OH excluding ortho intramolecular Hbond substituents is 1. The zero-order valence-electron chi connectivity index (χ0n) is 11.5. The van der Waals surface area contributed by atoms with E-state index in [9.17, 15) is 18.3 Å². The molecule has 1 aromatic carbocycles. The Morgan fingerprint density at radius 3 is 2.43 bits per heavy atom. The average Bonchev–Trinajstić information content (AvgIpc) is 2.40. The molecule has 8 heteroatoms. The van der Waals surface area contributed by atoms with Gasteiger partial charge in [0.05, 0.1) is 7.11 Å². The molecule has 1 heterocycles. The summed E-state index contributed by atoms with van der Waals surface area (Å²) >= 11 is 0. The van der Waals surface area contributed by atoms with Gasteiger partial charge in [-0.05, 0) is 17.7 Å². The van der Waals surface area contributed by atoms with Crippen LogP contribution in [0.15, 0.2) is 18.2 Å². The molecule has 120 valence electrons. The van der Waals surface area contributed by atoms with Gasteiger partial charge < -0.3 is 15.2 Å². The van der Waals surface area contributed by atoms with Crippen molar-refractivity contribution in [1.82, 2.24) is 10.2 Å². The molecule has 1 aromatic rings. The summed E-state index contributed by atoms with van der Waals surface area (Å²) in [5.41, 5.74) is 0.0778. The zero-order valence-corrected chi connectivity index (χ0v) is 12.3. The highest BCUT2D eigenvalue weighted by atomic mass is 35.5. The summed E-state index contributed by atoms with van der Waals surface area (Å²) in [5, 5.41) is 12.5. The van der Waals surface area contributed by atoms with Crippen molar-refractivity contribution in [3.63, 3.8) is 0 Å². The van der Waals surface area contributed by atoms with Crippen LogP contribution in [-0.4, -0.2) is 49.5 Å². The van der Waals surface area contributed by atoms with Crippen molar-refractivity contribution in [3.05, 3.63) is 23.8 Å². The molecule has 0 radical (unpaired) electrons. The first-order valence-corrected chi connectivity index (χ1v) is 6.32. The zero-order chi connectivity index (χ0) is 14.8. The van der Waals surface area contributed by atoms with Gasteiger partial charge in [-0.1, -0.05) is 6.07 Å². The van der Waals surface area contributed by atoms with Gasteiger partial charge in [0.25, 0.3) is 0 Å². The summed E-state index contributed by atoms with van der Waals surface area (Å²) in [7, 11) is 1.31. The number of nitrogens with one attached hydrogen (secondary N) is 1. The third kappa shape index (κ3) is 4.15. The van der Waals surface area contributed by atoms with Gasteiger partial charge in [-0.2, -0.15) is 13.2 Å². The van der Waals surface area contributed by atoms with E-state index in [0.717, 1.165) is 0 Å². The lowest BCUT2D eigenvalue weighted by atomic mass is 10.0. The van der Waals surface area contributed by atoms with Crippen LogP contribution in [-0.2, 0) is 0 Å². The maximum Gasteiger partial charge on any atom is 0.408 e. The average molecular weight is 327 g/mol. The smallest absolute Gasteiger partial charge is 0.408 e. The Balaban J connectivity index is 0.00000220. The van der Waals surface area contributed by atoms with Crippen molar-refractivity contribution in [1.29, 1.82) is 0 Å². The quantitative estimate of drug-likeness (QED) is 0.895. The van der Waals surface area contributed by atoms with E-state index < -0.39 is 12.2 Å². The second-order valence-corrected chi connectivity index (χ2v) is 4.66. The van der Waals surface area contributed by atoms with Crippen LogP contribution in [0.2, 0.25) is 0 Å². The predicted molar refractivity (Wildman–Crippen MR) is 75.1 cm³/mol. The molecule has 1 aliphatic heterocycles. The Kier molecular flexibility index (Phi) is 6.12. The topological polar surface area (TPSA) is 44.7 Å². The van der Waals surface area contributed by atoms with E-state index in [1.54, 1.807) is 0 Å². The van der Waals surface area contributed by atoms with E-state index in [4.69, 9.17) is 4.74 Å². The SMILES string of the molecule is COc1cc([C@@H](N2CCNCC2)C(F)(F)F)ccc1O.Cl. The van der Waals surface area contributed by atoms with Crippen molar-refractivity contribution in [3.8, 4) is 11.5 Å². The first kappa shape index (κ1) is 17.9. The molecule has 0 saturated carbocycles. The van der Waals surface area contributed by atoms with Crippen LogP contribution in [0.1, 0.15) is 11.6 Å². The van der Waals surface area contributed by atoms with Crippen LogP contribution in [0.4, 0.5) is 13.2 Å². The van der Waals surface area contributed by atoms with Gasteiger partial charge in [-0.25, -0.2) is 0 Å². The molecule has 21 heavy (non-hydrogen) atoms. The van der Waals surface area contributed by atoms with Gasteiger partial charge in [0.15, 0.2) is 11.5 Å². The number of alkyl halides is 3. The normalized spacial score (nSPS) is 17.9. The lowest BCUT2D eigenvalue weighted by molar-refractivity contribution is -0.187. The molecular formula is C13H18ClF3N2O2. The number of aromatic hydroxyl groups is 1. The van der Waals surface area contributed by atoms with Crippen molar-refractivity contribution in [2.75, 3.05) is 33.3 Å². The summed E-state index contributed by atoms with van der Waals surface area (Å²) in [6.07, 6.45) is -4.38. The third-order valence-corrected chi connectivity index (χ3v) is 3.35. The van der Waals surface area contributed by atoms with Gasteiger partial charge in [0, 0.05) is 26.2 Å². The van der Waals surface area contributed by atoms with E-state index in [-0.39, 0.29) is 29.5 Å². The summed E-state index contributed by atoms with van der Waals surface area (Å²) in [6, 6.07) is 2.09. The Labute approximate surface area is 127 Å². The van der Waals surface area contributed by atoms with Gasteiger partial charge >= 0.3 is 6.18 Å². The molecule has 4 nitrogen and oxygen atoms in total. The Morgan fingerprint density at radius 1 is 1.29 bits per heavy atom. The molecule has 1 atom stereocenters. The molecule has 2 N–H and O–H groups in total. The van der Waals surface area contributed by atoms with Crippen molar-refractivity contribution in [2.45, 2.75) is 12.2 Å². The maximum atomic E-state index is 13.4. The number of piperazine rings is 1. The van der Waals surface area contributed by atoms with Crippen molar-refractivity contribution < 1.29 is 23.0 Å². The van der Waals surface area contributed by atoms with Crippen LogP contribution in [0.5, 0.6) is 11.5 Å². The van der Waals surface area contributed by atoms with Gasteiger partial charge in [0.2, 0.25) is 0 Å². The molecule has 1 aliphatic rings. The summed E-state index contributed by atoms with van der Waals surface area (Å²) < 4.78 is 45.0. The van der Waals surface area contributed by atoms with Crippen molar-refractivity contribution in [2.24, 2.45) is 0 Å². The van der Waals surface area contributed by atoms with Crippen molar-refractivity contribution >= 4 is 12.4 Å². The molecule has 0 spiro atoms. The molecule has 0 amide bonds. The highest BCUT2D eigenvalue weighted by Crippen LogP contribution is 2.40. The summed E-state index contributed by atoms with van der Waals surface area (Å²) in [4.78, 5) is 1.39. The molecule has 0 unspecified atom stereocenters. The molecule has 0 bridgehead atoms. The highest BCUT2D eigenvalue weighted by molar-refractivity contribution is 5.85. The molecule has 2 rings (SSSR count). The maximum absolute atomic E-state index is 13.4. The number of rotatable bonds is 3. The lowest BCUT2D eigenvalue weighted by Gasteiger charge is -2.36. The van der Waals surface area contributed by atoms with Gasteiger partial charge in [-0.3, -0.25) is 4.90 Å². The Bertz CT molecular complexity index is 465. The number of nitrogens with zero attached hydrogens (tertiary/aromatic N) is 1. The summed E-state index contributed by atoms with van der Waals surface area (Å²) in [5.74, 6) is -0.121. The second kappa shape index (κ2) is 7.20. The van der Waals surface area contributed by atoms with Gasteiger partial charge in [0.1, 0.15) is 6.04 Å². The van der Waals surface area contributed by atoms with Crippen LogP contribution >= 0.6 is 12.4 Å². The number of halogens is 4. The molecular weight excluding hydrogens is 309 g/mol. The van der Waals surface area contributed by atoms with Crippen LogP contribution < -0.4 is 10.1 Å². The van der Waals surface area contributed by atoms with E-state index in [2.05, 4.69) is 5.32 Å². The van der Waals surface area contributed by atoms with E-state index in [1.807, 2.05) is 0 Å². The fourth-order valence-electron chi connectivity index (χ4n) is 2.41. The van der Waals surface area contributed by atoms with Crippen LogP contribution in [0.25, 0.3) is 0 Å². The fraction of sp³-hybridized carbons (Fsp3) is 0.538. The largest absolute Gasteiger partial charge is 0.504 e. The third-order valence-electron chi connectivity index (χ3n) is 3.35. The van der Waals surface area contributed by atoms with Crippen LogP contribution in [0.3, 0.4) is 0 Å². The Hall–Kier alpha value is -1.18. The molecule has 0 aliphatic carbocycles. The highest BCUT2D eigenvalue weighted by Gasteiger charge is 2.45. The number of hydrogen-bond donors (Lipinski definition) is 2. The monoisotopic (exact) mass is 326 g/mol. The number of benzene rings is 1. The number of phenols is 1. The standard InChI is InChI=1S/C13H17F3N2O2.ClH/c1-20-11-8-9(2-3-10(11)19)12(13(14,15)16)18-6-4-17-5-7-18;/h2-3,8,12,17,19H,4-7H2,1H3;1H/t12-;/m1./s1. The first-order chi connectivity index (χ1) is 9.43. The minimum Gasteiger partial charge on any atom is -0.504 e. The second-order valence-electron chi connectivity index (χ2n) is 4.66. The van der Waals surface area contributed by atoms with Gasteiger partial charge in [-0.15, -0.1) is 12.4 Å². The molecule has 1 saturated heterocycles. The lowest BCUT2D eigenvalue weighted by Crippen LogP contribution is -2.49. The van der Waals surface area contributed by atoms with E-state index >= 15 is 0 Å². The van der Waals surface area contributed by atoms with E-state index in [0.29, 0.717) is 26.2 Å². The summed E-state index contributed by atoms with van der Waals surface area (Å²) in [6.45, 7) is 1.71. The molecule has 1 fully saturated rings.